The van der Waals surface area contributed by atoms with Crippen molar-refractivity contribution in [3.05, 3.63) is 113 Å². The van der Waals surface area contributed by atoms with Crippen molar-refractivity contribution in [1.82, 2.24) is 19.9 Å². The summed E-state index contributed by atoms with van der Waals surface area (Å²) in [7, 11) is 1.62. The number of hydrogen-bond acceptors (Lipinski definition) is 10. The Labute approximate surface area is 287 Å². The average Bonchev–Trinajstić information content (AvgIpc) is 3.45. The average molecular weight is 731 g/mol. The Morgan fingerprint density at radius 2 is 1.73 bits per heavy atom. The molecule has 0 aliphatic heterocycles. The number of aromatic nitrogens is 4. The minimum atomic E-state index is -1.06. The Morgan fingerprint density at radius 3 is 2.52 bits per heavy atom. The number of thiophene rings is 1. The minimum absolute atomic E-state index is 0.102. The predicted octanol–water partition coefficient (Wildman–Crippen LogP) is 7.43. The second-order valence-electron chi connectivity index (χ2n) is 10.5. The van der Waals surface area contributed by atoms with Crippen LogP contribution in [-0.4, -0.2) is 57.4 Å². The van der Waals surface area contributed by atoms with Gasteiger partial charge in [-0.3, -0.25) is 0 Å². The van der Waals surface area contributed by atoms with Crippen LogP contribution in [0.4, 0.5) is 10.2 Å². The van der Waals surface area contributed by atoms with Crippen molar-refractivity contribution >= 4 is 49.3 Å². The summed E-state index contributed by atoms with van der Waals surface area (Å²) in [6.07, 6.45) is 3.15. The molecule has 0 spiro atoms. The van der Waals surface area contributed by atoms with E-state index in [1.807, 2.05) is 42.5 Å². The fourth-order valence-corrected chi connectivity index (χ4v) is 6.98. The zero-order chi connectivity index (χ0) is 33.5. The Bertz CT molecular complexity index is 2040. The van der Waals surface area contributed by atoms with Gasteiger partial charge in [0.25, 0.3) is 0 Å². The third-order valence-corrected chi connectivity index (χ3v) is 9.51. The summed E-state index contributed by atoms with van der Waals surface area (Å²) in [4.78, 5) is 31.9. The summed E-state index contributed by atoms with van der Waals surface area (Å²) in [6.45, 7) is 0.974. The number of carboxylic acids is 1. The lowest BCUT2D eigenvalue weighted by molar-refractivity contribution is -0.137. The van der Waals surface area contributed by atoms with Crippen molar-refractivity contribution in [3.63, 3.8) is 0 Å². The monoisotopic (exact) mass is 729 g/mol. The number of benzene rings is 3. The Morgan fingerprint density at radius 1 is 0.958 bits per heavy atom. The van der Waals surface area contributed by atoms with Crippen LogP contribution >= 0.6 is 27.3 Å². The van der Waals surface area contributed by atoms with Gasteiger partial charge in [0.2, 0.25) is 0 Å². The molecule has 10 nitrogen and oxygen atoms in total. The van der Waals surface area contributed by atoms with Gasteiger partial charge in [0.15, 0.2) is 5.82 Å². The summed E-state index contributed by atoms with van der Waals surface area (Å²) in [5.74, 6) is 0.630. The third kappa shape index (κ3) is 7.59. The maximum Gasteiger partial charge on any atom is 0.326 e. The van der Waals surface area contributed by atoms with Gasteiger partial charge in [-0.1, -0.05) is 42.5 Å². The quantitative estimate of drug-likeness (QED) is 0.109. The number of methoxy groups -OCH3 is 1. The van der Waals surface area contributed by atoms with Crippen molar-refractivity contribution < 1.29 is 28.5 Å². The summed E-state index contributed by atoms with van der Waals surface area (Å²) in [6, 6.07) is 21.7. The van der Waals surface area contributed by atoms with Crippen molar-refractivity contribution in [2.75, 3.05) is 25.6 Å². The summed E-state index contributed by atoms with van der Waals surface area (Å²) >= 11 is 5.05. The first-order valence-corrected chi connectivity index (χ1v) is 16.4. The number of para-hydroxylation sites is 2. The van der Waals surface area contributed by atoms with E-state index in [2.05, 4.69) is 36.2 Å². The number of aliphatic carboxylic acids is 1. The number of carboxylic acid groups (broad SMARTS) is 1. The predicted molar refractivity (Wildman–Crippen MR) is 185 cm³/mol. The van der Waals surface area contributed by atoms with Crippen LogP contribution in [-0.2, 0) is 22.6 Å². The van der Waals surface area contributed by atoms with Crippen LogP contribution in [0.2, 0.25) is 0 Å². The first kappa shape index (κ1) is 32.9. The van der Waals surface area contributed by atoms with Crippen LogP contribution < -0.4 is 14.8 Å². The van der Waals surface area contributed by atoms with E-state index in [4.69, 9.17) is 19.2 Å². The highest BCUT2D eigenvalue weighted by Gasteiger charge is 2.24. The fraction of sp³-hybridized carbons (Fsp3) is 0.171. The molecule has 2 N–H and O–H groups in total. The molecule has 0 amide bonds. The van der Waals surface area contributed by atoms with Gasteiger partial charge in [0.1, 0.15) is 53.5 Å². The largest absolute Gasteiger partial charge is 0.490 e. The molecule has 0 radical (unpaired) electrons. The Hall–Kier alpha value is -4.98. The van der Waals surface area contributed by atoms with Crippen molar-refractivity contribution in [2.45, 2.75) is 19.1 Å². The van der Waals surface area contributed by atoms with Gasteiger partial charge in [-0.15, -0.1) is 11.3 Å². The number of carbonyl (C=O) groups is 1. The molecule has 0 saturated heterocycles. The summed E-state index contributed by atoms with van der Waals surface area (Å²) < 4.78 is 31.4. The molecular formula is C35H29BrFN5O5S. The first-order valence-electron chi connectivity index (χ1n) is 14.8. The number of fused-ring (bicyclic) bond motifs is 1. The smallest absolute Gasteiger partial charge is 0.326 e. The molecule has 0 aliphatic carbocycles. The Balaban J connectivity index is 1.20. The zero-order valence-electron chi connectivity index (χ0n) is 25.6. The van der Waals surface area contributed by atoms with Crippen LogP contribution in [0.15, 0.2) is 95.9 Å². The fourth-order valence-electron chi connectivity index (χ4n) is 4.96. The molecule has 1 atom stereocenters. The molecule has 3 aromatic carbocycles. The molecule has 0 saturated carbocycles. The molecule has 0 fully saturated rings. The lowest BCUT2D eigenvalue weighted by Gasteiger charge is -2.18. The van der Waals surface area contributed by atoms with Crippen LogP contribution in [0.5, 0.6) is 11.5 Å². The third-order valence-electron chi connectivity index (χ3n) is 7.30. The van der Waals surface area contributed by atoms with Gasteiger partial charge in [-0.05, 0) is 63.5 Å². The van der Waals surface area contributed by atoms with Crippen LogP contribution in [0.1, 0.15) is 11.3 Å². The number of nitrogens with one attached hydrogen (secondary N) is 1. The molecule has 48 heavy (non-hydrogen) atoms. The number of rotatable bonds is 14. The molecule has 1 unspecified atom stereocenters. The highest BCUT2D eigenvalue weighted by Crippen LogP contribution is 2.44. The molecule has 244 valence electrons. The van der Waals surface area contributed by atoms with Gasteiger partial charge in [-0.25, -0.2) is 29.1 Å². The summed E-state index contributed by atoms with van der Waals surface area (Å²) in [5.41, 5.74) is 2.86. The van der Waals surface area contributed by atoms with Crippen molar-refractivity contribution in [2.24, 2.45) is 0 Å². The van der Waals surface area contributed by atoms with Gasteiger partial charge in [0, 0.05) is 24.2 Å². The topological polar surface area (TPSA) is 129 Å². The van der Waals surface area contributed by atoms with E-state index in [1.54, 1.807) is 37.6 Å². The maximum atomic E-state index is 13.6. The van der Waals surface area contributed by atoms with E-state index in [-0.39, 0.29) is 18.8 Å². The van der Waals surface area contributed by atoms with Crippen LogP contribution in [0.25, 0.3) is 32.0 Å². The Kier molecular flexibility index (Phi) is 10.5. The first-order chi connectivity index (χ1) is 23.4. The van der Waals surface area contributed by atoms with E-state index < -0.39 is 12.0 Å². The lowest BCUT2D eigenvalue weighted by Crippen LogP contribution is -2.32. The molecule has 13 heteroatoms. The standard InChI is InChI=1S/C35H29BrFN5O5S/c1-45-16-17-46-28-9-5-3-7-25(28)32-38-15-14-24(41-32)19-47-27-8-4-2-6-22(27)18-26(35(43)44)42-33-29-30(36)31(48-34(29)40-20-39-33)21-10-12-23(37)13-11-21/h2-15,20,26H,16-19H2,1H3,(H,43,44)(H,39,40,42). The van der Waals surface area contributed by atoms with Crippen LogP contribution in [0, 0.1) is 5.82 Å². The lowest BCUT2D eigenvalue weighted by atomic mass is 10.0. The highest BCUT2D eigenvalue weighted by atomic mass is 79.9. The zero-order valence-corrected chi connectivity index (χ0v) is 28.0. The highest BCUT2D eigenvalue weighted by molar-refractivity contribution is 9.10. The molecule has 6 rings (SSSR count). The molecule has 6 aromatic rings. The normalized spacial score (nSPS) is 11.7. The summed E-state index contributed by atoms with van der Waals surface area (Å²) in [5, 5.41) is 14.0. The molecule has 0 aliphatic rings. The number of halogens is 2. The van der Waals surface area contributed by atoms with E-state index in [9.17, 15) is 14.3 Å². The second-order valence-corrected chi connectivity index (χ2v) is 12.3. The number of nitrogens with zero attached hydrogens (tertiary/aromatic N) is 4. The van der Waals surface area contributed by atoms with Crippen molar-refractivity contribution in [3.8, 4) is 33.3 Å². The SMILES string of the molecule is COCCOc1ccccc1-c1nccc(COc2ccccc2CC(Nc2ncnc3sc(-c4ccc(F)cc4)c(Br)c23)C(=O)O)n1. The van der Waals surface area contributed by atoms with Gasteiger partial charge < -0.3 is 24.6 Å². The maximum absolute atomic E-state index is 13.6. The molecular weight excluding hydrogens is 701 g/mol. The van der Waals surface area contributed by atoms with Gasteiger partial charge in [-0.2, -0.15) is 0 Å². The van der Waals surface area contributed by atoms with Crippen LogP contribution in [0.3, 0.4) is 0 Å². The number of hydrogen-bond donors (Lipinski definition) is 2. The molecule has 0 bridgehead atoms. The van der Waals surface area contributed by atoms with E-state index in [0.29, 0.717) is 62.3 Å². The molecule has 3 aromatic heterocycles. The molecule has 3 heterocycles. The number of anilines is 1. The minimum Gasteiger partial charge on any atom is -0.490 e. The van der Waals surface area contributed by atoms with E-state index in [1.165, 1.54) is 29.8 Å². The van der Waals surface area contributed by atoms with Crippen molar-refractivity contribution in [1.29, 1.82) is 0 Å². The van der Waals surface area contributed by atoms with Gasteiger partial charge in [0.05, 0.1) is 28.1 Å². The van der Waals surface area contributed by atoms with E-state index >= 15 is 0 Å². The number of ether oxygens (including phenoxy) is 3. The van der Waals surface area contributed by atoms with E-state index in [0.717, 1.165) is 16.0 Å². The second kappa shape index (κ2) is 15.3. The van der Waals surface area contributed by atoms with Gasteiger partial charge >= 0.3 is 5.97 Å².